The Kier molecular flexibility index (Phi) is 9.69. The molecule has 0 fully saturated rings. The zero-order valence-corrected chi connectivity index (χ0v) is 21.8. The fourth-order valence-corrected chi connectivity index (χ4v) is 3.16. The van der Waals surface area contributed by atoms with E-state index < -0.39 is 0 Å². The summed E-state index contributed by atoms with van der Waals surface area (Å²) in [6, 6.07) is 11.6. The molecule has 3 rings (SSSR count). The Hall–Kier alpha value is -3.54. The zero-order chi connectivity index (χ0) is 26.2. The van der Waals surface area contributed by atoms with Gasteiger partial charge < -0.3 is 10.6 Å². The molecule has 2 N–H and O–H groups in total. The smallest absolute Gasteiger partial charge is 0.257 e. The van der Waals surface area contributed by atoms with Crippen LogP contribution in [0.2, 0.25) is 0 Å². The number of carbonyl (C=O) groups is 2. The average molecular weight is 478 g/mol. The lowest BCUT2D eigenvalue weighted by Gasteiger charge is -2.11. The van der Waals surface area contributed by atoms with Crippen LogP contribution in [-0.4, -0.2) is 31.1 Å². The number of nitrogens with one attached hydrogen (secondary N) is 2. The van der Waals surface area contributed by atoms with Crippen LogP contribution >= 0.6 is 0 Å². The number of aliphatic imine (C=N–C) groups is 1. The van der Waals surface area contributed by atoms with Gasteiger partial charge >= 0.3 is 0 Å². The van der Waals surface area contributed by atoms with Crippen LogP contribution in [0, 0.1) is 18.2 Å². The molecule has 0 atom stereocenters. The number of rotatable bonds is 6. The van der Waals surface area contributed by atoms with Crippen molar-refractivity contribution in [2.24, 2.45) is 10.4 Å². The molecule has 0 saturated carbocycles. The number of amides is 2. The third-order valence-electron chi connectivity index (χ3n) is 4.84. The zero-order valence-electron chi connectivity index (χ0n) is 21.8. The Bertz CT molecular complexity index is 1150. The summed E-state index contributed by atoms with van der Waals surface area (Å²) in [5, 5.41) is 5.67. The maximum absolute atomic E-state index is 13.2. The average Bonchev–Trinajstić information content (AvgIpc) is 3.25. The van der Waals surface area contributed by atoms with Gasteiger partial charge in [-0.15, -0.1) is 0 Å². The van der Waals surface area contributed by atoms with E-state index in [1.165, 1.54) is 12.1 Å². The third kappa shape index (κ3) is 8.96. The van der Waals surface area contributed by atoms with Gasteiger partial charge in [0.2, 0.25) is 5.91 Å². The summed E-state index contributed by atoms with van der Waals surface area (Å²) in [6.45, 7) is 15.3. The minimum Gasteiger partial charge on any atom is -0.353 e. The van der Waals surface area contributed by atoms with Crippen molar-refractivity contribution in [3.63, 3.8) is 0 Å². The molecule has 0 aliphatic carbocycles. The largest absolute Gasteiger partial charge is 0.353 e. The number of nitrogens with zero attached hydrogens (tertiary/aromatic N) is 1. The van der Waals surface area contributed by atoms with E-state index in [9.17, 15) is 14.0 Å². The molecule has 2 aromatic rings. The quantitative estimate of drug-likeness (QED) is 0.486. The van der Waals surface area contributed by atoms with Gasteiger partial charge in [0.1, 0.15) is 5.82 Å². The van der Waals surface area contributed by atoms with Gasteiger partial charge in [0, 0.05) is 24.0 Å². The van der Waals surface area contributed by atoms with Gasteiger partial charge in [0.25, 0.3) is 5.91 Å². The summed E-state index contributed by atoms with van der Waals surface area (Å²) in [7, 11) is 0. The number of aryl methyl sites for hydroxylation is 1. The molecule has 1 aliphatic rings. The van der Waals surface area contributed by atoms with Crippen LogP contribution in [-0.2, 0) is 9.59 Å². The van der Waals surface area contributed by atoms with E-state index in [1.807, 2.05) is 32.0 Å². The Balaban J connectivity index is 0.000000784. The fourth-order valence-electron chi connectivity index (χ4n) is 3.16. The molecule has 0 radical (unpaired) electrons. The van der Waals surface area contributed by atoms with E-state index in [0.717, 1.165) is 22.3 Å². The number of likely N-dealkylation sites (N-methyl/N-ethyl adjacent to an activating group) is 1. The Morgan fingerprint density at radius 3 is 2.31 bits per heavy atom. The lowest BCUT2D eigenvalue weighted by atomic mass is 10.0. The van der Waals surface area contributed by atoms with Crippen molar-refractivity contribution in [3.8, 4) is 0 Å². The number of carbonyl (C=O) groups excluding carboxylic acids is 2. The van der Waals surface area contributed by atoms with Gasteiger partial charge in [-0.1, -0.05) is 45.9 Å². The summed E-state index contributed by atoms with van der Waals surface area (Å²) in [6.07, 6.45) is 3.35. The minimum atomic E-state index is -0.326. The summed E-state index contributed by atoms with van der Waals surface area (Å²) >= 11 is 0. The first-order valence-electron chi connectivity index (χ1n) is 11.8. The van der Waals surface area contributed by atoms with Gasteiger partial charge in [-0.3, -0.25) is 14.6 Å². The van der Waals surface area contributed by atoms with Gasteiger partial charge in [-0.2, -0.15) is 0 Å². The van der Waals surface area contributed by atoms with Gasteiger partial charge in [0.05, 0.1) is 12.1 Å². The van der Waals surface area contributed by atoms with Crippen molar-refractivity contribution in [2.45, 2.75) is 48.5 Å². The van der Waals surface area contributed by atoms with Crippen molar-refractivity contribution in [1.82, 2.24) is 5.32 Å². The summed E-state index contributed by atoms with van der Waals surface area (Å²) in [5.41, 5.74) is 5.53. The van der Waals surface area contributed by atoms with Crippen molar-refractivity contribution in [1.29, 1.82) is 0 Å². The number of hydrogen-bond acceptors (Lipinski definition) is 3. The number of hydrogen-bond donors (Lipinski definition) is 2. The Labute approximate surface area is 208 Å². The first-order chi connectivity index (χ1) is 16.4. The van der Waals surface area contributed by atoms with Crippen LogP contribution < -0.4 is 10.6 Å². The van der Waals surface area contributed by atoms with Crippen molar-refractivity contribution in [3.05, 3.63) is 76.1 Å². The monoisotopic (exact) mass is 477 g/mol. The van der Waals surface area contributed by atoms with Crippen LogP contribution in [0.3, 0.4) is 0 Å². The van der Waals surface area contributed by atoms with Crippen LogP contribution in [0.25, 0.3) is 11.6 Å². The molecule has 0 unspecified atom stereocenters. The second-order valence-electron chi connectivity index (χ2n) is 10.1. The second-order valence-corrected chi connectivity index (χ2v) is 10.1. The van der Waals surface area contributed by atoms with Gasteiger partial charge in [-0.25, -0.2) is 4.39 Å². The van der Waals surface area contributed by atoms with Gasteiger partial charge in [-0.05, 0) is 78.8 Å². The molecule has 0 aromatic heterocycles. The predicted molar refractivity (Wildman–Crippen MR) is 144 cm³/mol. The third-order valence-corrected chi connectivity index (χ3v) is 4.84. The summed E-state index contributed by atoms with van der Waals surface area (Å²) < 4.78 is 13.2. The normalized spacial score (nSPS) is 13.3. The lowest BCUT2D eigenvalue weighted by Crippen LogP contribution is -2.23. The molecule has 0 spiro atoms. The highest BCUT2D eigenvalue weighted by molar-refractivity contribution is 6.24. The SMILES string of the molecule is CC(C)(C)C.CCNC(=O)/C(C)=C/c1cc(NC(=O)C2=C(c3ccc(F)cc3)CN=C2)ccc1C. The summed E-state index contributed by atoms with van der Waals surface area (Å²) in [4.78, 5) is 29.1. The molecular weight excluding hydrogens is 441 g/mol. The Morgan fingerprint density at radius 1 is 1.09 bits per heavy atom. The molecule has 35 heavy (non-hydrogen) atoms. The molecule has 1 aliphatic heterocycles. The summed E-state index contributed by atoms with van der Waals surface area (Å²) in [5.74, 6) is -0.732. The number of halogens is 1. The molecule has 6 heteroatoms. The highest BCUT2D eigenvalue weighted by Gasteiger charge is 2.19. The molecule has 0 bridgehead atoms. The highest BCUT2D eigenvalue weighted by Crippen LogP contribution is 2.25. The maximum atomic E-state index is 13.2. The van der Waals surface area contributed by atoms with Crippen molar-refractivity contribution >= 4 is 35.4 Å². The van der Waals surface area contributed by atoms with E-state index in [0.29, 0.717) is 35.3 Å². The van der Waals surface area contributed by atoms with E-state index in [4.69, 9.17) is 0 Å². The van der Waals surface area contributed by atoms with Crippen LogP contribution in [0.15, 0.2) is 58.6 Å². The standard InChI is InChI=1S/C24H24FN3O2.C5H12/c1-4-27-23(29)16(3)11-18-12-20(10-5-15(18)2)28-24(30)22-14-26-13-21(22)17-6-8-19(25)9-7-17;1-5(2,3)4/h5-12,14H,4,13H2,1-3H3,(H,27,29)(H,28,30);1-4H3/b16-11+;. The van der Waals surface area contributed by atoms with Crippen LogP contribution in [0.4, 0.5) is 10.1 Å². The number of benzene rings is 2. The van der Waals surface area contributed by atoms with Gasteiger partial charge in [0.15, 0.2) is 0 Å². The minimum absolute atomic E-state index is 0.123. The second kappa shape index (κ2) is 12.2. The molecule has 0 saturated heterocycles. The number of anilines is 1. The first kappa shape index (κ1) is 27.7. The first-order valence-corrected chi connectivity index (χ1v) is 11.8. The molecular formula is C29H36FN3O2. The molecule has 2 amide bonds. The van der Waals surface area contributed by atoms with E-state index in [2.05, 4.69) is 43.3 Å². The topological polar surface area (TPSA) is 70.6 Å². The van der Waals surface area contributed by atoms with Crippen molar-refractivity contribution in [2.75, 3.05) is 18.4 Å². The molecule has 186 valence electrons. The van der Waals surface area contributed by atoms with E-state index >= 15 is 0 Å². The fraction of sp³-hybridized carbons (Fsp3) is 0.345. The van der Waals surface area contributed by atoms with E-state index in [-0.39, 0.29) is 17.6 Å². The Morgan fingerprint density at radius 2 is 1.71 bits per heavy atom. The van der Waals surface area contributed by atoms with Crippen LogP contribution in [0.1, 0.15) is 58.2 Å². The van der Waals surface area contributed by atoms with E-state index in [1.54, 1.807) is 31.3 Å². The molecule has 5 nitrogen and oxygen atoms in total. The molecule has 2 aromatic carbocycles. The molecule has 1 heterocycles. The maximum Gasteiger partial charge on any atom is 0.257 e. The highest BCUT2D eigenvalue weighted by atomic mass is 19.1. The van der Waals surface area contributed by atoms with Crippen molar-refractivity contribution < 1.29 is 14.0 Å². The predicted octanol–water partition coefficient (Wildman–Crippen LogP) is 6.20. The lowest BCUT2D eigenvalue weighted by molar-refractivity contribution is -0.117. The van der Waals surface area contributed by atoms with Crippen LogP contribution in [0.5, 0.6) is 0 Å².